The smallest absolute Gasteiger partial charge is 0.225 e. The maximum atomic E-state index is 12.1. The molecule has 6 unspecified atom stereocenters. The molecular formula is C15H26O6. The maximum absolute atomic E-state index is 12.1. The number of hydrogen-bond acceptors (Lipinski definition) is 6. The molecule has 2 fully saturated rings. The summed E-state index contributed by atoms with van der Waals surface area (Å²) in [6.45, 7) is 6.17. The van der Waals surface area contributed by atoms with Gasteiger partial charge in [-0.2, -0.15) is 0 Å². The molecule has 3 N–H and O–H groups in total. The van der Waals surface area contributed by atoms with Crippen LogP contribution in [0.15, 0.2) is 0 Å². The Morgan fingerprint density at radius 1 is 1.33 bits per heavy atom. The van der Waals surface area contributed by atoms with E-state index >= 15 is 0 Å². The van der Waals surface area contributed by atoms with Gasteiger partial charge in [-0.1, -0.05) is 0 Å². The van der Waals surface area contributed by atoms with Gasteiger partial charge in [-0.25, -0.2) is 0 Å². The van der Waals surface area contributed by atoms with Crippen LogP contribution >= 0.6 is 0 Å². The second kappa shape index (κ2) is 5.28. The second-order valence-corrected chi connectivity index (χ2v) is 6.67. The van der Waals surface area contributed by atoms with Gasteiger partial charge in [0.15, 0.2) is 0 Å². The molecule has 0 spiro atoms. The Kier molecular flexibility index (Phi) is 4.23. The Bertz CT molecular complexity index is 412. The first-order chi connectivity index (χ1) is 9.55. The van der Waals surface area contributed by atoms with Crippen molar-refractivity contribution in [2.24, 2.45) is 5.92 Å². The third kappa shape index (κ3) is 2.53. The zero-order valence-electron chi connectivity index (χ0n) is 13.1. The van der Waals surface area contributed by atoms with Crippen LogP contribution in [0.4, 0.5) is 0 Å². The zero-order valence-corrected chi connectivity index (χ0v) is 13.1. The molecule has 0 aromatic carbocycles. The van der Waals surface area contributed by atoms with Crippen molar-refractivity contribution in [2.45, 2.75) is 76.2 Å². The van der Waals surface area contributed by atoms with Crippen LogP contribution in [-0.2, 0) is 14.3 Å². The Morgan fingerprint density at radius 3 is 2.29 bits per heavy atom. The summed E-state index contributed by atoms with van der Waals surface area (Å²) >= 11 is 0. The van der Waals surface area contributed by atoms with E-state index in [2.05, 4.69) is 0 Å². The van der Waals surface area contributed by atoms with E-state index in [1.807, 2.05) is 0 Å². The standard InChI is InChI=1S/C15H26O6/c1-9(16)12(11-7-5-6-8-20-11)13(3,17)14(4,18)15(19)10(2)21-15/h10-12,17-19H,5-8H2,1-4H3. The van der Waals surface area contributed by atoms with E-state index < -0.39 is 35.1 Å². The molecule has 0 radical (unpaired) electrons. The van der Waals surface area contributed by atoms with Gasteiger partial charge in [0.25, 0.3) is 0 Å². The van der Waals surface area contributed by atoms with Gasteiger partial charge in [-0.15, -0.1) is 0 Å². The molecule has 2 aliphatic heterocycles. The lowest BCUT2D eigenvalue weighted by Gasteiger charge is -2.47. The van der Waals surface area contributed by atoms with Crippen molar-refractivity contribution in [2.75, 3.05) is 6.61 Å². The molecule has 6 atom stereocenters. The SMILES string of the molecule is CC(=O)C(C1CCCCO1)C(C)(O)C(C)(O)C1(O)OC1C. The molecule has 6 heteroatoms. The lowest BCUT2D eigenvalue weighted by atomic mass is 9.68. The molecule has 2 rings (SSSR count). The fourth-order valence-corrected chi connectivity index (χ4v) is 3.46. The molecule has 0 aromatic heterocycles. The number of carbonyl (C=O) groups is 1. The van der Waals surface area contributed by atoms with Crippen molar-refractivity contribution in [1.82, 2.24) is 0 Å². The highest BCUT2D eigenvalue weighted by Crippen LogP contribution is 2.50. The van der Waals surface area contributed by atoms with E-state index in [1.165, 1.54) is 20.8 Å². The average Bonchev–Trinajstić information content (AvgIpc) is 2.99. The number of ketones is 1. The molecular weight excluding hydrogens is 276 g/mol. The molecule has 0 amide bonds. The maximum Gasteiger partial charge on any atom is 0.225 e. The lowest BCUT2D eigenvalue weighted by Crippen LogP contribution is -2.67. The highest BCUT2D eigenvalue weighted by Gasteiger charge is 2.72. The van der Waals surface area contributed by atoms with Gasteiger partial charge in [-0.05, 0) is 47.0 Å². The van der Waals surface area contributed by atoms with Crippen molar-refractivity contribution in [3.8, 4) is 0 Å². The highest BCUT2D eigenvalue weighted by atomic mass is 16.7. The summed E-state index contributed by atoms with van der Waals surface area (Å²) in [5, 5.41) is 32.0. The Labute approximate surface area is 125 Å². The Morgan fingerprint density at radius 2 is 1.90 bits per heavy atom. The Balaban J connectivity index is 2.31. The van der Waals surface area contributed by atoms with Gasteiger partial charge in [-0.3, -0.25) is 4.79 Å². The van der Waals surface area contributed by atoms with Crippen LogP contribution in [-0.4, -0.2) is 56.9 Å². The topological polar surface area (TPSA) is 99.5 Å². The van der Waals surface area contributed by atoms with Gasteiger partial charge < -0.3 is 24.8 Å². The fourth-order valence-electron chi connectivity index (χ4n) is 3.46. The number of hydrogen-bond donors (Lipinski definition) is 3. The lowest BCUT2D eigenvalue weighted by molar-refractivity contribution is -0.254. The fraction of sp³-hybridized carbons (Fsp3) is 0.933. The third-order valence-corrected chi connectivity index (χ3v) is 5.16. The summed E-state index contributed by atoms with van der Waals surface area (Å²) in [4.78, 5) is 12.1. The van der Waals surface area contributed by atoms with Gasteiger partial charge in [0.05, 0.1) is 12.0 Å². The first kappa shape index (κ1) is 16.8. The molecule has 122 valence electrons. The monoisotopic (exact) mass is 302 g/mol. The molecule has 2 aliphatic rings. The number of Topliss-reactive ketones (excluding diaryl/α,β-unsaturated/α-hetero) is 1. The molecule has 0 bridgehead atoms. The van der Waals surface area contributed by atoms with E-state index in [0.29, 0.717) is 13.0 Å². The second-order valence-electron chi connectivity index (χ2n) is 6.67. The van der Waals surface area contributed by atoms with Crippen molar-refractivity contribution in [3.05, 3.63) is 0 Å². The summed E-state index contributed by atoms with van der Waals surface area (Å²) in [6.07, 6.45) is 1.41. The Hall–Kier alpha value is -0.530. The van der Waals surface area contributed by atoms with E-state index in [0.717, 1.165) is 12.8 Å². The van der Waals surface area contributed by atoms with E-state index in [-0.39, 0.29) is 5.78 Å². The average molecular weight is 302 g/mol. The predicted molar refractivity (Wildman–Crippen MR) is 74.5 cm³/mol. The van der Waals surface area contributed by atoms with E-state index in [9.17, 15) is 20.1 Å². The van der Waals surface area contributed by atoms with Crippen LogP contribution in [0.25, 0.3) is 0 Å². The summed E-state index contributed by atoms with van der Waals surface area (Å²) in [5.41, 5.74) is -3.86. The van der Waals surface area contributed by atoms with Crippen LogP contribution in [0.1, 0.15) is 47.0 Å². The quantitative estimate of drug-likeness (QED) is 0.635. The number of epoxide rings is 1. The molecule has 2 saturated heterocycles. The van der Waals surface area contributed by atoms with Crippen LogP contribution in [0.2, 0.25) is 0 Å². The minimum absolute atomic E-state index is 0.274. The number of aliphatic hydroxyl groups is 3. The largest absolute Gasteiger partial charge is 0.386 e. The number of ether oxygens (including phenoxy) is 2. The van der Waals surface area contributed by atoms with Crippen LogP contribution < -0.4 is 0 Å². The van der Waals surface area contributed by atoms with Crippen molar-refractivity contribution in [1.29, 1.82) is 0 Å². The predicted octanol–water partition coefficient (Wildman–Crippen LogP) is 0.370. The van der Waals surface area contributed by atoms with Crippen LogP contribution in [0.5, 0.6) is 0 Å². The van der Waals surface area contributed by atoms with Crippen molar-refractivity contribution < 1.29 is 29.6 Å². The molecule has 21 heavy (non-hydrogen) atoms. The first-order valence-electron chi connectivity index (χ1n) is 7.52. The third-order valence-electron chi connectivity index (χ3n) is 5.16. The van der Waals surface area contributed by atoms with Crippen molar-refractivity contribution >= 4 is 5.78 Å². The normalized spacial score (nSPS) is 40.0. The minimum Gasteiger partial charge on any atom is -0.386 e. The van der Waals surface area contributed by atoms with E-state index in [1.54, 1.807) is 6.92 Å². The van der Waals surface area contributed by atoms with E-state index in [4.69, 9.17) is 9.47 Å². The summed E-state index contributed by atoms with van der Waals surface area (Å²) in [7, 11) is 0. The summed E-state index contributed by atoms with van der Waals surface area (Å²) in [5.74, 6) is -3.05. The first-order valence-corrected chi connectivity index (χ1v) is 7.52. The van der Waals surface area contributed by atoms with Gasteiger partial charge >= 0.3 is 0 Å². The summed E-state index contributed by atoms with van der Waals surface area (Å²) in [6, 6.07) is 0. The number of rotatable bonds is 5. The number of carbonyl (C=O) groups excluding carboxylic acids is 1. The minimum atomic E-state index is -1.99. The molecule has 0 saturated carbocycles. The molecule has 2 heterocycles. The van der Waals surface area contributed by atoms with Gasteiger partial charge in [0.1, 0.15) is 23.1 Å². The van der Waals surface area contributed by atoms with Crippen LogP contribution in [0, 0.1) is 5.92 Å². The molecule has 0 aliphatic carbocycles. The van der Waals surface area contributed by atoms with Crippen molar-refractivity contribution in [3.63, 3.8) is 0 Å². The van der Waals surface area contributed by atoms with Gasteiger partial charge in [0, 0.05) is 6.61 Å². The van der Waals surface area contributed by atoms with Crippen LogP contribution in [0.3, 0.4) is 0 Å². The molecule has 6 nitrogen and oxygen atoms in total. The highest BCUT2D eigenvalue weighted by molar-refractivity contribution is 5.80. The van der Waals surface area contributed by atoms with Gasteiger partial charge in [0.2, 0.25) is 5.79 Å². The zero-order chi connectivity index (χ0) is 16.1. The molecule has 0 aromatic rings. The summed E-state index contributed by atoms with van der Waals surface area (Å²) < 4.78 is 10.7.